The minimum Gasteiger partial charge on any atom is -0.492 e. The molecule has 0 saturated heterocycles. The number of aliphatic carboxylic acids is 1. The van der Waals surface area contributed by atoms with Crippen molar-refractivity contribution >= 4 is 40.8 Å². The first-order chi connectivity index (χ1) is 26.6. The number of hydrogen-bond acceptors (Lipinski definition) is 11. The second kappa shape index (κ2) is 19.6. The summed E-state index contributed by atoms with van der Waals surface area (Å²) in [7, 11) is 0. The third-order valence-electron chi connectivity index (χ3n) is 8.46. The zero-order valence-electron chi connectivity index (χ0n) is 29.7. The summed E-state index contributed by atoms with van der Waals surface area (Å²) >= 11 is 20.8. The molecule has 2 heterocycles. The maximum Gasteiger partial charge on any atom is 0.326 e. The molecule has 0 unspecified atom stereocenters. The van der Waals surface area contributed by atoms with Crippen LogP contribution in [0.15, 0.2) is 85.2 Å². The third-order valence-corrected chi connectivity index (χ3v) is 9.57. The molecule has 0 aliphatic carbocycles. The summed E-state index contributed by atoms with van der Waals surface area (Å²) in [4.78, 5) is 20.4. The minimum atomic E-state index is -1.65. The van der Waals surface area contributed by atoms with Crippen LogP contribution in [0, 0.1) is 11.3 Å². The number of aromatic nitrogens is 2. The van der Waals surface area contributed by atoms with E-state index >= 15 is 0 Å². The Labute approximate surface area is 333 Å². The van der Waals surface area contributed by atoms with Gasteiger partial charge in [-0.1, -0.05) is 83.3 Å². The van der Waals surface area contributed by atoms with E-state index in [1.807, 2.05) is 60.7 Å². The molecule has 0 bridgehead atoms. The highest BCUT2D eigenvalue weighted by atomic mass is 35.5. The molecule has 55 heavy (non-hydrogen) atoms. The normalized spacial score (nSPS) is 12.1. The fraction of sp³-hybridized carbons (Fsp3) is 0.250. The molecule has 5 N–H and O–H groups in total. The van der Waals surface area contributed by atoms with Crippen LogP contribution < -0.4 is 24.8 Å². The van der Waals surface area contributed by atoms with E-state index in [0.29, 0.717) is 74.4 Å². The zero-order valence-corrected chi connectivity index (χ0v) is 32.0. The number of nitriles is 1. The highest BCUT2D eigenvalue weighted by molar-refractivity contribution is 6.38. The second-order valence-corrected chi connectivity index (χ2v) is 13.6. The van der Waals surface area contributed by atoms with Gasteiger partial charge in [-0.05, 0) is 36.8 Å². The van der Waals surface area contributed by atoms with E-state index in [9.17, 15) is 20.3 Å². The van der Waals surface area contributed by atoms with Crippen molar-refractivity contribution < 1.29 is 34.3 Å². The van der Waals surface area contributed by atoms with Crippen molar-refractivity contribution in [2.45, 2.75) is 32.2 Å². The topological polar surface area (TPSA) is 179 Å². The van der Waals surface area contributed by atoms with Gasteiger partial charge in [0.05, 0.1) is 28.8 Å². The molecule has 0 saturated carbocycles. The number of aliphatic hydroxyl groups is 2. The maximum atomic E-state index is 11.8. The van der Waals surface area contributed by atoms with Crippen molar-refractivity contribution in [3.05, 3.63) is 123 Å². The molecule has 12 nitrogen and oxygen atoms in total. The largest absolute Gasteiger partial charge is 0.492 e. The fourth-order valence-electron chi connectivity index (χ4n) is 5.36. The van der Waals surface area contributed by atoms with Crippen molar-refractivity contribution in [2.75, 3.05) is 32.9 Å². The van der Waals surface area contributed by atoms with Gasteiger partial charge in [0.2, 0.25) is 11.8 Å². The van der Waals surface area contributed by atoms with Crippen LogP contribution in [-0.2, 0) is 24.6 Å². The van der Waals surface area contributed by atoms with Crippen molar-refractivity contribution in [3.63, 3.8) is 0 Å². The van der Waals surface area contributed by atoms with Crippen molar-refractivity contribution in [2.24, 2.45) is 0 Å². The molecule has 0 fully saturated rings. The van der Waals surface area contributed by atoms with Crippen LogP contribution in [0.4, 0.5) is 0 Å². The summed E-state index contributed by atoms with van der Waals surface area (Å²) in [6.07, 6.45) is 2.97. The van der Waals surface area contributed by atoms with Crippen LogP contribution in [0.1, 0.15) is 29.2 Å². The monoisotopic (exact) mass is 805 g/mol. The van der Waals surface area contributed by atoms with E-state index in [2.05, 4.69) is 20.6 Å². The molecule has 286 valence electrons. The number of pyridine rings is 2. The Morgan fingerprint density at radius 3 is 2.36 bits per heavy atom. The van der Waals surface area contributed by atoms with Gasteiger partial charge in [-0.25, -0.2) is 0 Å². The van der Waals surface area contributed by atoms with Crippen molar-refractivity contribution in [1.29, 1.82) is 5.26 Å². The van der Waals surface area contributed by atoms with Gasteiger partial charge >= 0.3 is 5.97 Å². The predicted octanol–water partition coefficient (Wildman–Crippen LogP) is 6.69. The molecular weight excluding hydrogens is 769 g/mol. The number of aliphatic hydroxyl groups excluding tert-OH is 2. The van der Waals surface area contributed by atoms with Gasteiger partial charge in [0.1, 0.15) is 42.2 Å². The molecule has 15 heteroatoms. The number of carbonyl (C=O) groups is 1. The van der Waals surface area contributed by atoms with Crippen LogP contribution in [0.5, 0.6) is 17.5 Å². The van der Waals surface area contributed by atoms with Gasteiger partial charge in [-0.2, -0.15) is 10.2 Å². The van der Waals surface area contributed by atoms with Crippen LogP contribution >= 0.6 is 34.8 Å². The summed E-state index contributed by atoms with van der Waals surface area (Å²) in [6.45, 7) is 1.92. The van der Waals surface area contributed by atoms with E-state index in [1.54, 1.807) is 18.3 Å². The lowest BCUT2D eigenvalue weighted by Crippen LogP contribution is -2.52. The van der Waals surface area contributed by atoms with Crippen LogP contribution in [0.25, 0.3) is 22.3 Å². The molecule has 0 radical (unpaired) electrons. The summed E-state index contributed by atoms with van der Waals surface area (Å²) in [5, 5.41) is 44.6. The summed E-state index contributed by atoms with van der Waals surface area (Å²) in [5.74, 6) is -0.559. The molecule has 0 aliphatic heterocycles. The molecule has 1 atom stereocenters. The van der Waals surface area contributed by atoms with E-state index in [0.717, 1.165) is 5.56 Å². The number of benzene rings is 3. The van der Waals surface area contributed by atoms with Crippen molar-refractivity contribution in [3.8, 4) is 45.8 Å². The lowest BCUT2D eigenvalue weighted by atomic mass is 9.96. The number of nitrogens with zero attached hydrogens (tertiary/aromatic N) is 3. The summed E-state index contributed by atoms with van der Waals surface area (Å²) in [6, 6.07) is 24.0. The first kappa shape index (κ1) is 41.2. The van der Waals surface area contributed by atoms with E-state index in [-0.39, 0.29) is 43.1 Å². The number of carboxylic acid groups (broad SMARTS) is 1. The molecule has 0 spiro atoms. The van der Waals surface area contributed by atoms with Gasteiger partial charge < -0.3 is 34.8 Å². The van der Waals surface area contributed by atoms with Gasteiger partial charge in [0.25, 0.3) is 0 Å². The molecule has 5 rings (SSSR count). The summed E-state index contributed by atoms with van der Waals surface area (Å²) in [5.41, 5.74) is 3.18. The first-order valence-corrected chi connectivity index (χ1v) is 18.2. The highest BCUT2D eigenvalue weighted by Gasteiger charge is 2.32. The van der Waals surface area contributed by atoms with Crippen molar-refractivity contribution in [1.82, 2.24) is 20.6 Å². The Balaban J connectivity index is 1.42. The lowest BCUT2D eigenvalue weighted by molar-refractivity contribution is -0.145. The van der Waals surface area contributed by atoms with Crippen LogP contribution in [0.2, 0.25) is 15.1 Å². The fourth-order valence-corrected chi connectivity index (χ4v) is 6.24. The van der Waals surface area contributed by atoms with Gasteiger partial charge in [0.15, 0.2) is 0 Å². The zero-order chi connectivity index (χ0) is 39.4. The van der Waals surface area contributed by atoms with Gasteiger partial charge in [-0.15, -0.1) is 0 Å². The SMILES string of the molecule is C[C@@](CO)(NCc1cc(Cl)c(OCc2cccc(-c3ccc(OCCNCCO)c(-c4ccccc4)c3Cl)c2Cl)nc1OCc1cncc(C#N)c1)C(=O)O. The lowest BCUT2D eigenvalue weighted by Gasteiger charge is -2.24. The first-order valence-electron chi connectivity index (χ1n) is 17.1. The van der Waals surface area contributed by atoms with Crippen LogP contribution in [-0.4, -0.2) is 69.7 Å². The Morgan fingerprint density at radius 1 is 0.873 bits per heavy atom. The van der Waals surface area contributed by atoms with E-state index < -0.39 is 18.1 Å². The van der Waals surface area contributed by atoms with E-state index in [1.165, 1.54) is 19.2 Å². The van der Waals surface area contributed by atoms with Gasteiger partial charge in [0, 0.05) is 65.4 Å². The highest BCUT2D eigenvalue weighted by Crippen LogP contribution is 2.45. The number of nitrogens with one attached hydrogen (secondary N) is 2. The summed E-state index contributed by atoms with van der Waals surface area (Å²) < 4.78 is 18.2. The standard InChI is InChI=1S/C40H38Cl3N5O7/c1-40(24-50,39(51)52)47-21-29-17-32(41)38(48-37(29)54-22-26-16-25(18-44)19-46-20-26)55-23-28-8-5-9-30(35(28)42)31-10-11-33(53-15-13-45-12-14-49)34(36(31)43)27-6-3-2-4-7-27/h2-11,16-17,19-20,45,47,49-50H,12-15,21-24H2,1H3,(H,51,52)/t40-/m0/s1. The molecular formula is C40H38Cl3N5O7. The molecule has 0 amide bonds. The Kier molecular flexibility index (Phi) is 14.7. The molecule has 5 aromatic rings. The third kappa shape index (κ3) is 10.4. The van der Waals surface area contributed by atoms with Crippen LogP contribution in [0.3, 0.4) is 0 Å². The smallest absolute Gasteiger partial charge is 0.326 e. The number of ether oxygens (including phenoxy) is 3. The minimum absolute atomic E-state index is 0.0216. The average Bonchev–Trinajstić information content (AvgIpc) is 3.20. The quantitative estimate of drug-likeness (QED) is 0.0560. The molecule has 0 aliphatic rings. The maximum absolute atomic E-state index is 11.8. The number of carboxylic acids is 1. The Bertz CT molecular complexity index is 2150. The number of rotatable bonds is 19. The van der Waals surface area contributed by atoms with E-state index in [4.69, 9.17) is 54.1 Å². The number of halogens is 3. The molecule has 3 aromatic carbocycles. The Hall–Kier alpha value is -4.97. The molecule has 2 aromatic heterocycles. The average molecular weight is 807 g/mol. The number of hydrogen-bond donors (Lipinski definition) is 5. The van der Waals surface area contributed by atoms with Gasteiger partial charge in [-0.3, -0.25) is 15.1 Å². The predicted molar refractivity (Wildman–Crippen MR) is 210 cm³/mol. The Morgan fingerprint density at radius 2 is 1.64 bits per heavy atom. The second-order valence-electron chi connectivity index (χ2n) is 12.4.